The van der Waals surface area contributed by atoms with Crippen LogP contribution < -0.4 is 0 Å². The zero-order valence-electron chi connectivity index (χ0n) is 68.7. The quantitative estimate of drug-likeness (QED) is 0.0283. The van der Waals surface area contributed by atoms with Crippen molar-refractivity contribution in [2.75, 3.05) is 23.0 Å². The van der Waals surface area contributed by atoms with E-state index in [1.807, 2.05) is 47.0 Å². The number of aromatic nitrogens is 8. The number of hydrogen-bond donors (Lipinski definition) is 2. The van der Waals surface area contributed by atoms with Crippen molar-refractivity contribution in [2.45, 2.75) is 407 Å². The highest BCUT2D eigenvalue weighted by Gasteiger charge is 2.24. The Morgan fingerprint density at radius 1 is 0.194 bits per heavy atom. The lowest BCUT2D eigenvalue weighted by molar-refractivity contribution is 0.538. The normalized spacial score (nSPS) is 12.0. The number of rotatable bonds is 64. The third-order valence-corrected chi connectivity index (χ3v) is 27.1. The second kappa shape index (κ2) is 54.4. The Bertz CT molecular complexity index is 3520. The van der Waals surface area contributed by atoms with Gasteiger partial charge < -0.3 is 9.97 Å². The molecule has 2 aliphatic heterocycles. The second-order valence-corrected chi connectivity index (χ2v) is 36.9. The van der Waals surface area contributed by atoms with Crippen LogP contribution in [0, 0.1) is 0 Å². The van der Waals surface area contributed by atoms with E-state index in [2.05, 4.69) is 110 Å². The van der Waals surface area contributed by atoms with Crippen molar-refractivity contribution in [1.29, 1.82) is 0 Å². The van der Waals surface area contributed by atoms with Crippen LogP contribution in [0.1, 0.15) is 387 Å². The summed E-state index contributed by atoms with van der Waals surface area (Å²) in [5.41, 5.74) is 7.05. The lowest BCUT2D eigenvalue weighted by Gasteiger charge is -2.06. The van der Waals surface area contributed by atoms with Crippen molar-refractivity contribution in [2.24, 2.45) is 0 Å². The van der Waals surface area contributed by atoms with Gasteiger partial charge in [0.1, 0.15) is 22.6 Å². The van der Waals surface area contributed by atoms with E-state index in [0.717, 1.165) is 89.4 Å². The topological polar surface area (TPSA) is 109 Å². The predicted octanol–water partition coefficient (Wildman–Crippen LogP) is 33.2. The number of benzene rings is 4. The molecule has 2 N–H and O–H groups in total. The number of hydrogen-bond acceptors (Lipinski definition) is 10. The van der Waals surface area contributed by atoms with Crippen molar-refractivity contribution in [3.05, 3.63) is 72.8 Å². The molecule has 594 valence electrons. The minimum atomic E-state index is 0.664. The number of unbranched alkanes of at least 4 members (excludes halogenated alkanes) is 52. The van der Waals surface area contributed by atoms with Crippen LogP contribution in [-0.4, -0.2) is 62.9 Å². The molecular formula is C96H146N8S4. The van der Waals surface area contributed by atoms with E-state index in [0.29, 0.717) is 23.3 Å². The average molecular weight is 1540 g/mol. The summed E-state index contributed by atoms with van der Waals surface area (Å²) < 4.78 is 0. The van der Waals surface area contributed by atoms with Gasteiger partial charge in [-0.05, 0) is 121 Å². The van der Waals surface area contributed by atoms with E-state index in [4.69, 9.17) is 29.9 Å². The van der Waals surface area contributed by atoms with Crippen molar-refractivity contribution in [3.63, 3.8) is 0 Å². The first-order valence-corrected chi connectivity index (χ1v) is 49.4. The van der Waals surface area contributed by atoms with Gasteiger partial charge in [-0.15, -0.1) is 47.0 Å². The number of nitrogens with zero attached hydrogens (tertiary/aromatic N) is 6. The molecule has 5 heterocycles. The van der Waals surface area contributed by atoms with Gasteiger partial charge in [0.15, 0.2) is 23.3 Å². The summed E-state index contributed by atoms with van der Waals surface area (Å²) >= 11 is 7.87. The monoisotopic (exact) mass is 1540 g/mol. The van der Waals surface area contributed by atoms with E-state index in [9.17, 15) is 0 Å². The predicted molar refractivity (Wildman–Crippen MR) is 480 cm³/mol. The molecule has 0 amide bonds. The van der Waals surface area contributed by atoms with Gasteiger partial charge in [0.05, 0.1) is 0 Å². The number of thioether (sulfide) groups is 4. The minimum Gasteiger partial charge on any atom is -0.324 e. The molecule has 7 aromatic rings. The summed E-state index contributed by atoms with van der Waals surface area (Å²) in [6.45, 7) is 9.24. The summed E-state index contributed by atoms with van der Waals surface area (Å²) in [4.78, 5) is 45.9. The van der Waals surface area contributed by atoms with Gasteiger partial charge in [-0.3, -0.25) is 0 Å². The Morgan fingerprint density at radius 3 is 0.630 bits per heavy atom. The first kappa shape index (κ1) is 87.6. The zero-order chi connectivity index (χ0) is 74.9. The van der Waals surface area contributed by atoms with Gasteiger partial charge in [-0.25, -0.2) is 29.9 Å². The average Bonchev–Trinajstić information content (AvgIpc) is 1.60. The Balaban J connectivity index is 0.951. The molecule has 9 rings (SSSR count). The van der Waals surface area contributed by atoms with E-state index in [1.165, 1.54) is 379 Å². The van der Waals surface area contributed by atoms with E-state index in [1.54, 1.807) is 0 Å². The first-order chi connectivity index (χ1) is 53.5. The first-order valence-electron chi connectivity index (χ1n) is 45.4. The summed E-state index contributed by atoms with van der Waals surface area (Å²) in [5.74, 6) is 7.06. The third kappa shape index (κ3) is 31.9. The van der Waals surface area contributed by atoms with Gasteiger partial charge in [0, 0.05) is 63.4 Å². The van der Waals surface area contributed by atoms with Crippen molar-refractivity contribution < 1.29 is 0 Å². The van der Waals surface area contributed by atoms with Crippen LogP contribution in [0.25, 0.3) is 89.7 Å². The van der Waals surface area contributed by atoms with Crippen LogP contribution in [0.15, 0.2) is 92.4 Å². The summed E-state index contributed by atoms with van der Waals surface area (Å²) in [5, 5.41) is 4.14. The van der Waals surface area contributed by atoms with Gasteiger partial charge in [-0.2, -0.15) is 0 Å². The molecule has 0 spiro atoms. The Kier molecular flexibility index (Phi) is 44.1. The Labute approximate surface area is 674 Å². The molecule has 12 heteroatoms. The van der Waals surface area contributed by atoms with Crippen LogP contribution in [-0.2, 0) is 0 Å². The number of H-pyrrole nitrogens is 2. The maximum absolute atomic E-state index is 5.58. The molecule has 0 fully saturated rings. The second-order valence-electron chi connectivity index (χ2n) is 32.2. The molecular weight excluding hydrogens is 1390 g/mol. The molecule has 0 unspecified atom stereocenters. The molecule has 0 atom stereocenters. The van der Waals surface area contributed by atoms with Crippen molar-refractivity contribution in [3.8, 4) is 45.6 Å². The van der Waals surface area contributed by atoms with Crippen LogP contribution in [0.3, 0.4) is 0 Å². The molecule has 0 radical (unpaired) electrons. The lowest BCUT2D eigenvalue weighted by Crippen LogP contribution is -1.86. The van der Waals surface area contributed by atoms with Crippen LogP contribution in [0.4, 0.5) is 0 Å². The van der Waals surface area contributed by atoms with Crippen LogP contribution in [0.5, 0.6) is 0 Å². The van der Waals surface area contributed by atoms with Gasteiger partial charge in [0.2, 0.25) is 0 Å². The molecule has 8 nitrogen and oxygen atoms in total. The minimum absolute atomic E-state index is 0.664. The molecule has 3 aromatic heterocycles. The van der Waals surface area contributed by atoms with E-state index >= 15 is 0 Å². The Hall–Kier alpha value is -4.36. The maximum Gasteiger partial charge on any atom is 0.164 e. The summed E-state index contributed by atoms with van der Waals surface area (Å²) in [6.07, 6.45) is 76.9. The van der Waals surface area contributed by atoms with Crippen molar-refractivity contribution >= 4 is 91.2 Å². The molecule has 4 aromatic carbocycles. The van der Waals surface area contributed by atoms with E-state index < -0.39 is 0 Å². The standard InChI is InChI=1S/C96H146N8S4/c1-5-9-13-17-21-25-29-33-37-41-45-49-53-57-69-105-77-61-65-81-85(73-77)93-97-89(81)102-94-87-75-79(107-71-59-55-51-47-43-39-35-31-27-23-19-15-11-7-3)63-67-83(87)91(99-94)104-96-88-76-80(108-72-60-56-52-48-44-40-36-32-28-24-20-16-12-8-4)64-68-84(88)92(100-96)103-95-86-74-78(62-66-82(86)90(98-95)101-93)106-70-58-54-50-46-42-38-34-30-26-22-18-14-10-6-2/h61-68,73-76H,5-60,69-72H2,1-4H3,(H2,97,98,99,100,101,102,103,104). The highest BCUT2D eigenvalue weighted by atomic mass is 32.2. The summed E-state index contributed by atoms with van der Waals surface area (Å²) in [6, 6.07) is 27.6. The largest absolute Gasteiger partial charge is 0.324 e. The van der Waals surface area contributed by atoms with E-state index in [-0.39, 0.29) is 0 Å². The van der Waals surface area contributed by atoms with Crippen LogP contribution in [0.2, 0.25) is 0 Å². The maximum atomic E-state index is 5.58. The molecule has 0 aliphatic carbocycles. The van der Waals surface area contributed by atoms with Crippen molar-refractivity contribution in [1.82, 2.24) is 39.9 Å². The molecule has 0 saturated carbocycles. The fraction of sp³-hybridized carbons (Fsp3) is 0.667. The fourth-order valence-corrected chi connectivity index (χ4v) is 19.8. The number of aromatic amines is 2. The molecule has 0 saturated heterocycles. The lowest BCUT2D eigenvalue weighted by atomic mass is 10.0. The summed E-state index contributed by atoms with van der Waals surface area (Å²) in [7, 11) is 0. The van der Waals surface area contributed by atoms with Crippen LogP contribution >= 0.6 is 47.0 Å². The highest BCUT2D eigenvalue weighted by molar-refractivity contribution is 8.00. The molecule has 2 aliphatic rings. The Morgan fingerprint density at radius 2 is 0.389 bits per heavy atom. The smallest absolute Gasteiger partial charge is 0.164 e. The van der Waals surface area contributed by atoms with Gasteiger partial charge >= 0.3 is 0 Å². The highest BCUT2D eigenvalue weighted by Crippen LogP contribution is 2.42. The molecule has 8 bridgehead atoms. The SMILES string of the molecule is CCCCCCCCCCCCCCCCSc1ccc2c(c1)-c1nc-2nc2[nH]c(nc3nc(nc4[nH]c(n1)c1ccc(SCCCCCCCCCCCCCCCC)cc41)-c1ccc(SCCCCCCCCCCCCCCCC)cc1-3)c1ccc(SCCCCCCCCCCCCCCCC)cc21. The molecule has 108 heavy (non-hydrogen) atoms. The fourth-order valence-electron chi connectivity index (χ4n) is 16.0. The van der Waals surface area contributed by atoms with Gasteiger partial charge in [0.25, 0.3) is 0 Å². The van der Waals surface area contributed by atoms with Gasteiger partial charge in [-0.1, -0.05) is 362 Å². The number of fused-ring (bicyclic) bond motifs is 20. The third-order valence-electron chi connectivity index (χ3n) is 22.8. The number of nitrogens with one attached hydrogen (secondary N) is 2. The zero-order valence-corrected chi connectivity index (χ0v) is 71.9.